The van der Waals surface area contributed by atoms with Crippen molar-refractivity contribution in [3.63, 3.8) is 0 Å². The van der Waals surface area contributed by atoms with Crippen molar-refractivity contribution in [2.75, 3.05) is 0 Å². The zero-order valence-corrected chi connectivity index (χ0v) is 8.87. The van der Waals surface area contributed by atoms with Crippen molar-refractivity contribution in [1.82, 2.24) is 0 Å². The lowest BCUT2D eigenvalue weighted by Gasteiger charge is -2.08. The first kappa shape index (κ1) is 10.3. The van der Waals surface area contributed by atoms with Crippen LogP contribution in [0.25, 0.3) is 0 Å². The monoisotopic (exact) mass is 206 g/mol. The molecule has 1 aliphatic carbocycles. The van der Waals surface area contributed by atoms with Crippen molar-refractivity contribution in [3.8, 4) is 0 Å². The lowest BCUT2D eigenvalue weighted by molar-refractivity contribution is -0.122. The molecule has 1 aromatic rings. The summed E-state index contributed by atoms with van der Waals surface area (Å²) in [7, 11) is 0. The largest absolute Gasteiger partial charge is 0.299 e. The predicted molar refractivity (Wildman–Crippen MR) is 57.0 cm³/mol. The molecule has 0 aromatic heterocycles. The number of benzene rings is 1. The summed E-state index contributed by atoms with van der Waals surface area (Å²) in [4.78, 5) is 11.8. The minimum absolute atomic E-state index is 0.101. The number of ketones is 1. The van der Waals surface area contributed by atoms with Gasteiger partial charge in [0.15, 0.2) is 0 Å². The molecule has 1 nitrogen and oxygen atoms in total. The van der Waals surface area contributed by atoms with Gasteiger partial charge in [0.05, 0.1) is 0 Å². The molecule has 0 bridgehead atoms. The summed E-state index contributed by atoms with van der Waals surface area (Å²) in [5, 5.41) is 0. The Balaban J connectivity index is 2.02. The van der Waals surface area contributed by atoms with E-state index in [9.17, 15) is 9.18 Å². The lowest BCUT2D eigenvalue weighted by Crippen LogP contribution is -2.16. The molecule has 0 saturated heterocycles. The Bertz CT molecular complexity index is 369. The van der Waals surface area contributed by atoms with Crippen LogP contribution >= 0.6 is 0 Å². The van der Waals surface area contributed by atoms with Crippen molar-refractivity contribution in [2.45, 2.75) is 26.2 Å². The molecule has 0 N–H and O–H groups in total. The van der Waals surface area contributed by atoms with Crippen molar-refractivity contribution in [3.05, 3.63) is 35.6 Å². The fourth-order valence-electron chi connectivity index (χ4n) is 1.85. The fraction of sp³-hybridized carbons (Fsp3) is 0.462. The van der Waals surface area contributed by atoms with Crippen LogP contribution in [0.2, 0.25) is 0 Å². The molecule has 0 spiro atoms. The summed E-state index contributed by atoms with van der Waals surface area (Å²) < 4.78 is 13.3. The number of carbonyl (C=O) groups excluding carboxylic acids is 1. The number of hydrogen-bond acceptors (Lipinski definition) is 1. The van der Waals surface area contributed by atoms with Gasteiger partial charge in [-0.05, 0) is 30.4 Å². The Kier molecular flexibility index (Phi) is 2.85. The van der Waals surface area contributed by atoms with Gasteiger partial charge >= 0.3 is 0 Å². The molecule has 0 heterocycles. The summed E-state index contributed by atoms with van der Waals surface area (Å²) in [6, 6.07) is 6.51. The summed E-state index contributed by atoms with van der Waals surface area (Å²) >= 11 is 0. The lowest BCUT2D eigenvalue weighted by atomic mass is 9.95. The molecule has 1 saturated carbocycles. The van der Waals surface area contributed by atoms with E-state index in [4.69, 9.17) is 0 Å². The maximum atomic E-state index is 13.3. The molecule has 80 valence electrons. The van der Waals surface area contributed by atoms with E-state index >= 15 is 0 Å². The van der Waals surface area contributed by atoms with Crippen molar-refractivity contribution < 1.29 is 9.18 Å². The SMILES string of the molecule is CC(C(=O)Cc1ccccc1F)C1CC1. The molecular weight excluding hydrogens is 191 g/mol. The van der Waals surface area contributed by atoms with Crippen LogP contribution in [-0.2, 0) is 11.2 Å². The van der Waals surface area contributed by atoms with Crippen LogP contribution in [0.3, 0.4) is 0 Å². The topological polar surface area (TPSA) is 17.1 Å². The van der Waals surface area contributed by atoms with E-state index in [-0.39, 0.29) is 23.9 Å². The number of carbonyl (C=O) groups is 1. The van der Waals surface area contributed by atoms with E-state index in [2.05, 4.69) is 0 Å². The van der Waals surface area contributed by atoms with Gasteiger partial charge in [0.2, 0.25) is 0 Å². The van der Waals surface area contributed by atoms with Crippen molar-refractivity contribution >= 4 is 5.78 Å². The molecule has 0 radical (unpaired) electrons. The van der Waals surface area contributed by atoms with Gasteiger partial charge in [-0.2, -0.15) is 0 Å². The second kappa shape index (κ2) is 4.13. The standard InChI is InChI=1S/C13H15FO/c1-9(10-6-7-10)13(15)8-11-4-2-3-5-12(11)14/h2-5,9-10H,6-8H2,1H3. The molecule has 1 aromatic carbocycles. The third-order valence-electron chi connectivity index (χ3n) is 3.16. The third-order valence-corrected chi connectivity index (χ3v) is 3.16. The molecule has 2 rings (SSSR count). The normalized spacial score (nSPS) is 17.5. The third kappa shape index (κ3) is 2.44. The van der Waals surface area contributed by atoms with Gasteiger partial charge in [0.1, 0.15) is 11.6 Å². The van der Waals surface area contributed by atoms with Crippen LogP contribution in [-0.4, -0.2) is 5.78 Å². The summed E-state index contributed by atoms with van der Waals surface area (Å²) in [6.07, 6.45) is 2.55. The molecule has 15 heavy (non-hydrogen) atoms. The van der Waals surface area contributed by atoms with E-state index in [0.717, 1.165) is 12.8 Å². The minimum Gasteiger partial charge on any atom is -0.299 e. The molecule has 1 aliphatic rings. The first-order chi connectivity index (χ1) is 7.18. The molecule has 1 atom stereocenters. The first-order valence-corrected chi connectivity index (χ1v) is 5.44. The van der Waals surface area contributed by atoms with Crippen LogP contribution in [0.15, 0.2) is 24.3 Å². The summed E-state index contributed by atoms with van der Waals surface area (Å²) in [6.45, 7) is 1.96. The highest BCUT2D eigenvalue weighted by molar-refractivity contribution is 5.83. The Morgan fingerprint density at radius 1 is 1.47 bits per heavy atom. The second-order valence-electron chi connectivity index (χ2n) is 4.36. The van der Waals surface area contributed by atoms with Crippen LogP contribution in [0.5, 0.6) is 0 Å². The Hall–Kier alpha value is -1.18. The Morgan fingerprint density at radius 2 is 2.13 bits per heavy atom. The zero-order valence-electron chi connectivity index (χ0n) is 8.87. The van der Waals surface area contributed by atoms with Gasteiger partial charge in [-0.3, -0.25) is 4.79 Å². The summed E-state index contributed by atoms with van der Waals surface area (Å²) in [5.41, 5.74) is 0.523. The zero-order chi connectivity index (χ0) is 10.8. The van der Waals surface area contributed by atoms with Crippen LogP contribution in [0.4, 0.5) is 4.39 Å². The van der Waals surface area contributed by atoms with E-state index < -0.39 is 0 Å². The molecule has 2 heteroatoms. The number of Topliss-reactive ketones (excluding diaryl/α,β-unsaturated/α-hetero) is 1. The average Bonchev–Trinajstić information content (AvgIpc) is 3.04. The highest BCUT2D eigenvalue weighted by atomic mass is 19.1. The van der Waals surface area contributed by atoms with Crippen LogP contribution in [0, 0.1) is 17.7 Å². The first-order valence-electron chi connectivity index (χ1n) is 5.44. The van der Waals surface area contributed by atoms with E-state index in [1.165, 1.54) is 6.07 Å². The smallest absolute Gasteiger partial charge is 0.140 e. The maximum Gasteiger partial charge on any atom is 0.140 e. The Labute approximate surface area is 89.3 Å². The van der Waals surface area contributed by atoms with Crippen molar-refractivity contribution in [1.29, 1.82) is 0 Å². The van der Waals surface area contributed by atoms with Gasteiger partial charge in [-0.15, -0.1) is 0 Å². The number of halogens is 1. The molecular formula is C13H15FO. The van der Waals surface area contributed by atoms with E-state index in [1.807, 2.05) is 6.92 Å². The number of hydrogen-bond donors (Lipinski definition) is 0. The average molecular weight is 206 g/mol. The van der Waals surface area contributed by atoms with Gasteiger partial charge in [-0.25, -0.2) is 4.39 Å². The Morgan fingerprint density at radius 3 is 2.73 bits per heavy atom. The predicted octanol–water partition coefficient (Wildman–Crippen LogP) is 2.98. The molecule has 0 amide bonds. The van der Waals surface area contributed by atoms with Gasteiger partial charge in [0.25, 0.3) is 0 Å². The number of rotatable bonds is 4. The fourth-order valence-corrected chi connectivity index (χ4v) is 1.85. The maximum absolute atomic E-state index is 13.3. The van der Waals surface area contributed by atoms with Crippen molar-refractivity contribution in [2.24, 2.45) is 11.8 Å². The van der Waals surface area contributed by atoms with E-state index in [1.54, 1.807) is 18.2 Å². The van der Waals surface area contributed by atoms with Crippen LogP contribution in [0.1, 0.15) is 25.3 Å². The van der Waals surface area contributed by atoms with Crippen LogP contribution < -0.4 is 0 Å². The molecule has 1 fully saturated rings. The van der Waals surface area contributed by atoms with Gasteiger partial charge in [0, 0.05) is 12.3 Å². The molecule has 0 aliphatic heterocycles. The van der Waals surface area contributed by atoms with Gasteiger partial charge in [-0.1, -0.05) is 25.1 Å². The molecule has 1 unspecified atom stereocenters. The second-order valence-corrected chi connectivity index (χ2v) is 4.36. The highest BCUT2D eigenvalue weighted by Crippen LogP contribution is 2.37. The van der Waals surface area contributed by atoms with Gasteiger partial charge < -0.3 is 0 Å². The quantitative estimate of drug-likeness (QED) is 0.740. The summed E-state index contributed by atoms with van der Waals surface area (Å²) in [5.74, 6) is 0.560. The minimum atomic E-state index is -0.270. The highest BCUT2D eigenvalue weighted by Gasteiger charge is 2.32. The van der Waals surface area contributed by atoms with E-state index in [0.29, 0.717) is 11.5 Å².